The van der Waals surface area contributed by atoms with Crippen LogP contribution in [0.3, 0.4) is 0 Å². The quantitative estimate of drug-likeness (QED) is 0.250. The minimum absolute atomic E-state index is 0.0490. The van der Waals surface area contributed by atoms with E-state index in [2.05, 4.69) is 23.8 Å². The zero-order valence-electron chi connectivity index (χ0n) is 20.6. The number of rotatable bonds is 12. The molecule has 0 saturated heterocycles. The number of methoxy groups -OCH3 is 2. The third-order valence-corrected chi connectivity index (χ3v) is 5.35. The number of hydrogen-bond acceptors (Lipinski definition) is 7. The number of amides is 2. The largest absolute Gasteiger partial charge is 0.493 e. The van der Waals surface area contributed by atoms with Gasteiger partial charge in [0.2, 0.25) is 5.75 Å². The van der Waals surface area contributed by atoms with E-state index in [1.807, 2.05) is 0 Å². The van der Waals surface area contributed by atoms with Crippen LogP contribution in [0.4, 0.5) is 14.9 Å². The monoisotopic (exact) mass is 516 g/mol. The standard InChI is InChI=1S/C26H29FN2O6S/c1-7-34-24(30)13-18(16(2)3)15-36-17(4)28-26(31)29-20-14-19(27)11-12-21(20)35-23-10-8-9-22(32-5)25(23)33-6/h8-12,14-15H,2,4,7,13H2,1,3,5-6H3,(H2,28,29,31)/b18-15-. The number of thioether (sulfide) groups is 1. The third kappa shape index (κ3) is 8.38. The van der Waals surface area contributed by atoms with E-state index in [9.17, 15) is 14.0 Å². The lowest BCUT2D eigenvalue weighted by atomic mass is 10.1. The molecule has 0 aliphatic carbocycles. The first-order chi connectivity index (χ1) is 17.2. The maximum Gasteiger partial charge on any atom is 0.324 e. The molecule has 0 aliphatic heterocycles. The lowest BCUT2D eigenvalue weighted by Gasteiger charge is -2.16. The fourth-order valence-electron chi connectivity index (χ4n) is 2.86. The van der Waals surface area contributed by atoms with Crippen LogP contribution < -0.4 is 24.8 Å². The lowest BCUT2D eigenvalue weighted by Crippen LogP contribution is -2.26. The zero-order chi connectivity index (χ0) is 26.7. The van der Waals surface area contributed by atoms with Gasteiger partial charge in [0.05, 0.1) is 38.0 Å². The highest BCUT2D eigenvalue weighted by Gasteiger charge is 2.16. The van der Waals surface area contributed by atoms with E-state index < -0.39 is 11.8 Å². The van der Waals surface area contributed by atoms with Crippen LogP contribution in [0, 0.1) is 5.82 Å². The molecule has 2 aromatic rings. The Balaban J connectivity index is 2.12. The summed E-state index contributed by atoms with van der Waals surface area (Å²) in [6, 6.07) is 8.09. The van der Waals surface area contributed by atoms with Gasteiger partial charge >= 0.3 is 12.0 Å². The van der Waals surface area contributed by atoms with Gasteiger partial charge in [-0.1, -0.05) is 36.6 Å². The van der Waals surface area contributed by atoms with Gasteiger partial charge in [0.15, 0.2) is 17.2 Å². The van der Waals surface area contributed by atoms with E-state index in [-0.39, 0.29) is 35.5 Å². The second-order valence-electron chi connectivity index (χ2n) is 7.26. The topological polar surface area (TPSA) is 95.1 Å². The van der Waals surface area contributed by atoms with Crippen LogP contribution in [0.2, 0.25) is 0 Å². The third-order valence-electron chi connectivity index (χ3n) is 4.56. The van der Waals surface area contributed by atoms with Crippen molar-refractivity contribution in [1.29, 1.82) is 0 Å². The van der Waals surface area contributed by atoms with Gasteiger partial charge in [-0.15, -0.1) is 0 Å². The summed E-state index contributed by atoms with van der Waals surface area (Å²) in [5.41, 5.74) is 1.41. The number of esters is 1. The van der Waals surface area contributed by atoms with E-state index in [1.165, 1.54) is 26.4 Å². The predicted octanol–water partition coefficient (Wildman–Crippen LogP) is 6.37. The summed E-state index contributed by atoms with van der Waals surface area (Å²) in [7, 11) is 2.96. The Morgan fingerprint density at radius 2 is 1.81 bits per heavy atom. The number of urea groups is 1. The van der Waals surface area contributed by atoms with Crippen molar-refractivity contribution >= 4 is 29.4 Å². The molecule has 2 N–H and O–H groups in total. The minimum atomic E-state index is -0.670. The number of halogens is 1. The highest BCUT2D eigenvalue weighted by molar-refractivity contribution is 8.05. The number of benzene rings is 2. The number of carbonyl (C=O) groups excluding carboxylic acids is 2. The molecule has 2 rings (SSSR count). The molecule has 0 spiro atoms. The van der Waals surface area contributed by atoms with Crippen LogP contribution in [-0.2, 0) is 9.53 Å². The van der Waals surface area contributed by atoms with Gasteiger partial charge in [-0.3, -0.25) is 4.79 Å². The van der Waals surface area contributed by atoms with Crippen molar-refractivity contribution in [3.05, 3.63) is 77.0 Å². The minimum Gasteiger partial charge on any atom is -0.493 e. The summed E-state index contributed by atoms with van der Waals surface area (Å²) in [5.74, 6) is 0.322. The number of ether oxygens (including phenoxy) is 4. The number of hydrogen-bond donors (Lipinski definition) is 2. The molecule has 2 aromatic carbocycles. The maximum absolute atomic E-state index is 14.0. The van der Waals surface area contributed by atoms with Gasteiger partial charge in [-0.2, -0.15) is 0 Å². The van der Waals surface area contributed by atoms with Gasteiger partial charge in [0, 0.05) is 6.07 Å². The summed E-state index contributed by atoms with van der Waals surface area (Å²) in [4.78, 5) is 24.3. The molecule has 0 unspecified atom stereocenters. The Bertz CT molecular complexity index is 1170. The van der Waals surface area contributed by atoms with Gasteiger partial charge in [0.25, 0.3) is 0 Å². The second-order valence-corrected chi connectivity index (χ2v) is 8.22. The van der Waals surface area contributed by atoms with Crippen LogP contribution in [0.25, 0.3) is 0 Å². The number of allylic oxidation sites excluding steroid dienone is 1. The molecule has 0 radical (unpaired) electrons. The Kier molecular flexibility index (Phi) is 10.9. The van der Waals surface area contributed by atoms with E-state index in [1.54, 1.807) is 37.5 Å². The van der Waals surface area contributed by atoms with Gasteiger partial charge in [-0.25, -0.2) is 9.18 Å². The smallest absolute Gasteiger partial charge is 0.324 e. The first-order valence-corrected chi connectivity index (χ1v) is 11.7. The molecule has 10 heteroatoms. The fourth-order valence-corrected chi connectivity index (χ4v) is 3.58. The zero-order valence-corrected chi connectivity index (χ0v) is 21.4. The summed E-state index contributed by atoms with van der Waals surface area (Å²) >= 11 is 1.10. The fraction of sp³-hybridized carbons (Fsp3) is 0.231. The molecule has 36 heavy (non-hydrogen) atoms. The molecule has 0 atom stereocenters. The molecule has 2 amide bonds. The number of nitrogens with one attached hydrogen (secondary N) is 2. The predicted molar refractivity (Wildman–Crippen MR) is 139 cm³/mol. The molecule has 0 heterocycles. The number of para-hydroxylation sites is 1. The van der Waals surface area contributed by atoms with E-state index in [4.69, 9.17) is 18.9 Å². The second kappa shape index (κ2) is 13.8. The molecule has 0 aromatic heterocycles. The number of carbonyl (C=O) groups is 2. The molecular weight excluding hydrogens is 487 g/mol. The molecule has 0 aliphatic rings. The van der Waals surface area contributed by atoms with E-state index in [0.717, 1.165) is 17.8 Å². The molecular formula is C26H29FN2O6S. The van der Waals surface area contributed by atoms with Crippen molar-refractivity contribution in [3.63, 3.8) is 0 Å². The van der Waals surface area contributed by atoms with Crippen LogP contribution in [0.15, 0.2) is 71.1 Å². The molecule has 0 saturated carbocycles. The maximum atomic E-state index is 14.0. The van der Waals surface area contributed by atoms with Crippen LogP contribution in [-0.4, -0.2) is 32.8 Å². The average Bonchev–Trinajstić information content (AvgIpc) is 2.83. The van der Waals surface area contributed by atoms with Crippen molar-refractivity contribution in [1.82, 2.24) is 5.32 Å². The average molecular weight is 517 g/mol. The van der Waals surface area contributed by atoms with Gasteiger partial charge in [-0.05, 0) is 49.1 Å². The molecule has 0 fully saturated rings. The highest BCUT2D eigenvalue weighted by atomic mass is 32.2. The first kappa shape index (κ1) is 28.3. The normalized spacial score (nSPS) is 10.8. The Morgan fingerprint density at radius 1 is 1.08 bits per heavy atom. The molecule has 192 valence electrons. The SMILES string of the molecule is C=C(NC(=O)Nc1cc(F)ccc1Oc1cccc(OC)c1OC)S/C=C(/CC(=O)OCC)C(=C)C. The summed E-state index contributed by atoms with van der Waals surface area (Å²) in [5, 5.41) is 7.04. The summed E-state index contributed by atoms with van der Waals surface area (Å²) in [6.07, 6.45) is 0.0490. The lowest BCUT2D eigenvalue weighted by molar-refractivity contribution is -0.142. The molecule has 0 bridgehead atoms. The molecule has 8 nitrogen and oxygen atoms in total. The van der Waals surface area contributed by atoms with Crippen molar-refractivity contribution in [2.75, 3.05) is 26.1 Å². The van der Waals surface area contributed by atoms with Crippen molar-refractivity contribution < 1.29 is 32.9 Å². The highest BCUT2D eigenvalue weighted by Crippen LogP contribution is 2.41. The number of anilines is 1. The van der Waals surface area contributed by atoms with E-state index in [0.29, 0.717) is 28.4 Å². The van der Waals surface area contributed by atoms with E-state index >= 15 is 0 Å². The van der Waals surface area contributed by atoms with Gasteiger partial charge in [0.1, 0.15) is 5.82 Å². The Labute approximate surface area is 214 Å². The summed E-state index contributed by atoms with van der Waals surface area (Å²) in [6.45, 7) is 11.4. The Hall–Kier alpha value is -3.92. The first-order valence-electron chi connectivity index (χ1n) is 10.8. The van der Waals surface area contributed by atoms with Crippen LogP contribution in [0.1, 0.15) is 20.3 Å². The van der Waals surface area contributed by atoms with Crippen LogP contribution in [0.5, 0.6) is 23.0 Å². The van der Waals surface area contributed by atoms with Crippen molar-refractivity contribution in [2.45, 2.75) is 20.3 Å². The van der Waals surface area contributed by atoms with Crippen molar-refractivity contribution in [3.8, 4) is 23.0 Å². The Morgan fingerprint density at radius 3 is 2.44 bits per heavy atom. The van der Waals surface area contributed by atoms with Crippen molar-refractivity contribution in [2.24, 2.45) is 0 Å². The summed E-state index contributed by atoms with van der Waals surface area (Å²) < 4.78 is 35.4. The van der Waals surface area contributed by atoms with Crippen LogP contribution >= 0.6 is 11.8 Å². The van der Waals surface area contributed by atoms with Gasteiger partial charge < -0.3 is 29.6 Å².